The predicted molar refractivity (Wildman–Crippen MR) is 119 cm³/mol. The van der Waals surface area contributed by atoms with E-state index in [2.05, 4.69) is 15.1 Å². The molecule has 2 atom stereocenters. The Morgan fingerprint density at radius 2 is 1.77 bits per heavy atom. The number of hydrogen-bond acceptors (Lipinski definition) is 4. The van der Waals surface area contributed by atoms with Crippen molar-refractivity contribution in [2.24, 2.45) is 11.8 Å². The van der Waals surface area contributed by atoms with Crippen molar-refractivity contribution in [2.45, 2.75) is 39.2 Å². The average molecular weight is 435 g/mol. The zero-order chi connectivity index (χ0) is 22.4. The minimum absolute atomic E-state index is 0.0540. The van der Waals surface area contributed by atoms with Crippen LogP contribution in [0, 0.1) is 17.7 Å². The number of piperazine rings is 1. The lowest BCUT2D eigenvalue weighted by Crippen LogP contribution is -2.51. The smallest absolute Gasteiger partial charge is 0.317 e. The first-order chi connectivity index (χ1) is 14.8. The standard InChI is InChI=1S/C23H35FN4O3/c1-17(2)25-23(31)28-10-8-18(15-22(29)30)19(16-28)7-9-26-11-13-27(14-12-26)21-5-3-20(24)4-6-21/h3-6,17-19H,7-16H2,1-2H3,(H,25,31)(H,29,30). The Kier molecular flexibility index (Phi) is 8.12. The molecular formula is C23H35FN4O3. The molecule has 31 heavy (non-hydrogen) atoms. The average Bonchev–Trinajstić information content (AvgIpc) is 2.73. The molecule has 0 aliphatic carbocycles. The molecule has 8 heteroatoms. The third-order valence-corrected chi connectivity index (χ3v) is 6.41. The number of carbonyl (C=O) groups is 2. The summed E-state index contributed by atoms with van der Waals surface area (Å²) in [4.78, 5) is 30.3. The number of hydrogen-bond donors (Lipinski definition) is 2. The van der Waals surface area contributed by atoms with Crippen LogP contribution < -0.4 is 10.2 Å². The van der Waals surface area contributed by atoms with Gasteiger partial charge in [0.15, 0.2) is 0 Å². The number of nitrogens with zero attached hydrogens (tertiary/aromatic N) is 3. The highest BCUT2D eigenvalue weighted by atomic mass is 19.1. The predicted octanol–water partition coefficient (Wildman–Crippen LogP) is 2.87. The Bertz CT molecular complexity index is 735. The number of aliphatic carboxylic acids is 1. The van der Waals surface area contributed by atoms with E-state index in [4.69, 9.17) is 0 Å². The van der Waals surface area contributed by atoms with E-state index in [9.17, 15) is 19.1 Å². The quantitative estimate of drug-likeness (QED) is 0.690. The van der Waals surface area contributed by atoms with Crippen LogP contribution in [0.3, 0.4) is 0 Å². The molecule has 0 radical (unpaired) electrons. The number of rotatable bonds is 7. The third kappa shape index (κ3) is 6.82. The topological polar surface area (TPSA) is 76.1 Å². The molecule has 2 unspecified atom stereocenters. The van der Waals surface area contributed by atoms with Crippen LogP contribution in [0.4, 0.5) is 14.9 Å². The number of carbonyl (C=O) groups excluding carboxylic acids is 1. The zero-order valence-electron chi connectivity index (χ0n) is 18.6. The van der Waals surface area contributed by atoms with Crippen LogP contribution >= 0.6 is 0 Å². The van der Waals surface area contributed by atoms with E-state index in [1.165, 1.54) is 12.1 Å². The Hall–Kier alpha value is -2.35. The first-order valence-corrected chi connectivity index (χ1v) is 11.3. The summed E-state index contributed by atoms with van der Waals surface area (Å²) in [7, 11) is 0. The van der Waals surface area contributed by atoms with Crippen molar-refractivity contribution >= 4 is 17.7 Å². The van der Waals surface area contributed by atoms with Crippen molar-refractivity contribution in [3.05, 3.63) is 30.1 Å². The van der Waals surface area contributed by atoms with Crippen molar-refractivity contribution in [1.82, 2.24) is 15.1 Å². The van der Waals surface area contributed by atoms with Gasteiger partial charge in [-0.25, -0.2) is 9.18 Å². The number of amides is 2. The summed E-state index contributed by atoms with van der Waals surface area (Å²) >= 11 is 0. The first-order valence-electron chi connectivity index (χ1n) is 11.3. The number of nitrogens with one attached hydrogen (secondary N) is 1. The van der Waals surface area contributed by atoms with Gasteiger partial charge in [-0.15, -0.1) is 0 Å². The molecule has 2 saturated heterocycles. The monoisotopic (exact) mass is 434 g/mol. The summed E-state index contributed by atoms with van der Waals surface area (Å²) < 4.78 is 13.2. The molecule has 0 spiro atoms. The number of piperidine rings is 1. The Balaban J connectivity index is 1.51. The van der Waals surface area contributed by atoms with Crippen molar-refractivity contribution < 1.29 is 19.1 Å². The molecule has 2 aliphatic rings. The van der Waals surface area contributed by atoms with Gasteiger partial charge in [-0.3, -0.25) is 9.69 Å². The maximum Gasteiger partial charge on any atom is 0.317 e. The number of carboxylic acid groups (broad SMARTS) is 1. The summed E-state index contributed by atoms with van der Waals surface area (Å²) in [5.74, 6) is -0.677. The van der Waals surface area contributed by atoms with Gasteiger partial charge in [0.1, 0.15) is 5.82 Å². The van der Waals surface area contributed by atoms with Crippen LogP contribution in [0.15, 0.2) is 24.3 Å². The highest BCUT2D eigenvalue weighted by Gasteiger charge is 2.33. The van der Waals surface area contributed by atoms with E-state index in [-0.39, 0.29) is 36.1 Å². The van der Waals surface area contributed by atoms with Crippen molar-refractivity contribution in [1.29, 1.82) is 0 Å². The molecule has 1 aromatic carbocycles. The Labute approximate surface area is 184 Å². The molecule has 2 N–H and O–H groups in total. The second-order valence-electron chi connectivity index (χ2n) is 9.05. The fourth-order valence-corrected chi connectivity index (χ4v) is 4.65. The van der Waals surface area contributed by atoms with E-state index in [0.29, 0.717) is 13.1 Å². The normalized spacial score (nSPS) is 22.6. The lowest BCUT2D eigenvalue weighted by atomic mass is 9.81. The van der Waals surface area contributed by atoms with Gasteiger partial charge in [0.2, 0.25) is 0 Å². The maximum atomic E-state index is 13.2. The molecule has 7 nitrogen and oxygen atoms in total. The van der Waals surface area contributed by atoms with E-state index in [0.717, 1.165) is 51.3 Å². The minimum Gasteiger partial charge on any atom is -0.481 e. The first kappa shape index (κ1) is 23.3. The van der Waals surface area contributed by atoms with Gasteiger partial charge in [0.25, 0.3) is 0 Å². The summed E-state index contributed by atoms with van der Waals surface area (Å²) in [6.45, 7) is 9.63. The van der Waals surface area contributed by atoms with Gasteiger partial charge in [-0.05, 0) is 69.3 Å². The Morgan fingerprint density at radius 3 is 2.39 bits per heavy atom. The van der Waals surface area contributed by atoms with Gasteiger partial charge in [-0.2, -0.15) is 0 Å². The minimum atomic E-state index is -0.761. The van der Waals surface area contributed by atoms with E-state index >= 15 is 0 Å². The zero-order valence-corrected chi connectivity index (χ0v) is 18.6. The molecule has 0 bridgehead atoms. The van der Waals surface area contributed by atoms with Crippen LogP contribution in [-0.2, 0) is 4.79 Å². The second-order valence-corrected chi connectivity index (χ2v) is 9.05. The molecule has 2 fully saturated rings. The summed E-state index contributed by atoms with van der Waals surface area (Å²) in [6.07, 6.45) is 1.80. The molecule has 2 aliphatic heterocycles. The lowest BCUT2D eigenvalue weighted by Gasteiger charge is -2.40. The van der Waals surface area contributed by atoms with Crippen molar-refractivity contribution in [2.75, 3.05) is 50.7 Å². The molecule has 172 valence electrons. The van der Waals surface area contributed by atoms with Crippen LogP contribution in [0.5, 0.6) is 0 Å². The molecule has 3 rings (SSSR count). The van der Waals surface area contributed by atoms with E-state index in [1.54, 1.807) is 0 Å². The van der Waals surface area contributed by atoms with Crippen molar-refractivity contribution in [3.63, 3.8) is 0 Å². The fraction of sp³-hybridized carbons (Fsp3) is 0.652. The summed E-state index contributed by atoms with van der Waals surface area (Å²) in [5.41, 5.74) is 1.04. The summed E-state index contributed by atoms with van der Waals surface area (Å²) in [6, 6.07) is 6.66. The number of benzene rings is 1. The highest BCUT2D eigenvalue weighted by molar-refractivity contribution is 5.74. The van der Waals surface area contributed by atoms with Crippen LogP contribution in [0.2, 0.25) is 0 Å². The number of likely N-dealkylation sites (tertiary alicyclic amines) is 1. The number of urea groups is 1. The SMILES string of the molecule is CC(C)NC(=O)N1CCC(CC(=O)O)C(CCN2CCN(c3ccc(F)cc3)CC2)C1. The number of halogens is 1. The van der Waals surface area contributed by atoms with Gasteiger partial charge in [0, 0.05) is 57.4 Å². The lowest BCUT2D eigenvalue weighted by molar-refractivity contribution is -0.139. The number of anilines is 1. The molecule has 0 aromatic heterocycles. The van der Waals surface area contributed by atoms with Gasteiger partial charge in [0.05, 0.1) is 0 Å². The molecular weight excluding hydrogens is 399 g/mol. The summed E-state index contributed by atoms with van der Waals surface area (Å²) in [5, 5.41) is 12.3. The van der Waals surface area contributed by atoms with Crippen LogP contribution in [0.1, 0.15) is 33.1 Å². The van der Waals surface area contributed by atoms with Crippen LogP contribution in [-0.4, -0.2) is 78.8 Å². The highest BCUT2D eigenvalue weighted by Crippen LogP contribution is 2.30. The molecule has 0 saturated carbocycles. The van der Waals surface area contributed by atoms with Crippen LogP contribution in [0.25, 0.3) is 0 Å². The largest absolute Gasteiger partial charge is 0.481 e. The van der Waals surface area contributed by atoms with E-state index in [1.807, 2.05) is 30.9 Å². The fourth-order valence-electron chi connectivity index (χ4n) is 4.65. The van der Waals surface area contributed by atoms with Gasteiger partial charge in [-0.1, -0.05) is 0 Å². The van der Waals surface area contributed by atoms with E-state index < -0.39 is 5.97 Å². The maximum absolute atomic E-state index is 13.2. The molecule has 1 aromatic rings. The molecule has 2 heterocycles. The van der Waals surface area contributed by atoms with Crippen molar-refractivity contribution in [3.8, 4) is 0 Å². The Morgan fingerprint density at radius 1 is 1.10 bits per heavy atom. The third-order valence-electron chi connectivity index (χ3n) is 6.41. The van der Waals surface area contributed by atoms with Gasteiger partial charge < -0.3 is 20.2 Å². The molecule has 2 amide bonds. The van der Waals surface area contributed by atoms with Gasteiger partial charge >= 0.3 is 12.0 Å². The number of carboxylic acids is 1. The second kappa shape index (κ2) is 10.8.